The topological polar surface area (TPSA) is 58.6 Å². The van der Waals surface area contributed by atoms with E-state index in [1.807, 2.05) is 31.2 Å². The van der Waals surface area contributed by atoms with Crippen molar-refractivity contribution in [3.8, 4) is 5.75 Å². The van der Waals surface area contributed by atoms with Gasteiger partial charge in [-0.05, 0) is 35.2 Å². The highest BCUT2D eigenvalue weighted by molar-refractivity contribution is 5.78. The number of aliphatic hydroxyl groups is 1. The Balaban J connectivity index is 1.88. The third-order valence-corrected chi connectivity index (χ3v) is 3.72. The lowest BCUT2D eigenvalue weighted by Crippen LogP contribution is -2.29. The molecular formula is C19H21F2NO3. The van der Waals surface area contributed by atoms with Gasteiger partial charge >= 0.3 is 6.61 Å². The Bertz CT molecular complexity index is 707. The van der Waals surface area contributed by atoms with Gasteiger partial charge in [-0.25, -0.2) is 0 Å². The molecule has 4 nitrogen and oxygen atoms in total. The fourth-order valence-electron chi connectivity index (χ4n) is 2.43. The summed E-state index contributed by atoms with van der Waals surface area (Å²) in [6, 6.07) is 13.6. The normalized spacial score (nSPS) is 12.0. The van der Waals surface area contributed by atoms with E-state index in [1.54, 1.807) is 6.07 Å². The van der Waals surface area contributed by atoms with E-state index in [-0.39, 0.29) is 24.6 Å². The predicted octanol–water partition coefficient (Wildman–Crippen LogP) is 3.24. The van der Waals surface area contributed by atoms with Gasteiger partial charge in [-0.3, -0.25) is 4.79 Å². The zero-order valence-electron chi connectivity index (χ0n) is 13.9. The fourth-order valence-corrected chi connectivity index (χ4v) is 2.43. The molecule has 2 aromatic carbocycles. The van der Waals surface area contributed by atoms with Gasteiger partial charge in [0.2, 0.25) is 5.91 Å². The molecule has 6 heteroatoms. The molecule has 0 aliphatic heterocycles. The van der Waals surface area contributed by atoms with Crippen LogP contribution in [-0.2, 0) is 17.6 Å². The summed E-state index contributed by atoms with van der Waals surface area (Å²) in [6.07, 6.45) is 0.104. The summed E-state index contributed by atoms with van der Waals surface area (Å²) in [6.45, 7) is -0.891. The smallest absolute Gasteiger partial charge is 0.387 e. The molecule has 0 aliphatic rings. The summed E-state index contributed by atoms with van der Waals surface area (Å²) in [5, 5.41) is 12.8. The average molecular weight is 349 g/mol. The van der Waals surface area contributed by atoms with Gasteiger partial charge in [0.05, 0.1) is 12.5 Å². The van der Waals surface area contributed by atoms with Crippen LogP contribution in [0, 0.1) is 0 Å². The second-order valence-electron chi connectivity index (χ2n) is 5.62. The van der Waals surface area contributed by atoms with Gasteiger partial charge in [0.1, 0.15) is 5.75 Å². The Morgan fingerprint density at radius 2 is 1.88 bits per heavy atom. The van der Waals surface area contributed by atoms with E-state index in [4.69, 9.17) is 0 Å². The molecule has 0 aliphatic carbocycles. The molecular weight excluding hydrogens is 328 g/mol. The van der Waals surface area contributed by atoms with Crippen LogP contribution >= 0.6 is 0 Å². The van der Waals surface area contributed by atoms with Crippen molar-refractivity contribution >= 4 is 5.91 Å². The molecule has 0 fully saturated rings. The number of hydrogen-bond donors (Lipinski definition) is 2. The summed E-state index contributed by atoms with van der Waals surface area (Å²) in [5.74, 6) is -0.249. The number of benzene rings is 2. The largest absolute Gasteiger partial charge is 0.435 e. The minimum Gasteiger partial charge on any atom is -0.435 e. The monoisotopic (exact) mass is 349 g/mol. The molecule has 2 rings (SSSR count). The van der Waals surface area contributed by atoms with E-state index in [0.29, 0.717) is 5.56 Å². The number of rotatable bonds is 8. The number of amides is 1. The first-order valence-electron chi connectivity index (χ1n) is 8.05. The number of hydrogen-bond acceptors (Lipinski definition) is 3. The maximum atomic E-state index is 12.2. The van der Waals surface area contributed by atoms with Crippen molar-refractivity contribution in [1.82, 2.24) is 5.32 Å². The van der Waals surface area contributed by atoms with Crippen LogP contribution in [-0.4, -0.2) is 24.2 Å². The molecule has 1 atom stereocenters. The van der Waals surface area contributed by atoms with Crippen LogP contribution < -0.4 is 10.1 Å². The second-order valence-corrected chi connectivity index (χ2v) is 5.62. The number of halogens is 2. The first-order valence-corrected chi connectivity index (χ1v) is 8.05. The van der Waals surface area contributed by atoms with Crippen LogP contribution in [0.25, 0.3) is 0 Å². The predicted molar refractivity (Wildman–Crippen MR) is 90.6 cm³/mol. The lowest BCUT2D eigenvalue weighted by Gasteiger charge is -2.14. The molecule has 0 heterocycles. The van der Waals surface area contributed by atoms with E-state index in [9.17, 15) is 18.7 Å². The summed E-state index contributed by atoms with van der Waals surface area (Å²) >= 11 is 0. The summed E-state index contributed by atoms with van der Waals surface area (Å²) < 4.78 is 28.8. The van der Waals surface area contributed by atoms with Crippen molar-refractivity contribution < 1.29 is 23.4 Å². The van der Waals surface area contributed by atoms with Gasteiger partial charge in [0, 0.05) is 6.54 Å². The van der Waals surface area contributed by atoms with Crippen LogP contribution in [0.3, 0.4) is 0 Å². The zero-order valence-corrected chi connectivity index (χ0v) is 13.9. The zero-order chi connectivity index (χ0) is 18.2. The molecule has 134 valence electrons. The van der Waals surface area contributed by atoms with E-state index in [2.05, 4.69) is 10.1 Å². The second kappa shape index (κ2) is 9.13. The van der Waals surface area contributed by atoms with E-state index in [1.165, 1.54) is 18.2 Å². The minimum atomic E-state index is -2.93. The van der Waals surface area contributed by atoms with Crippen LogP contribution in [0.4, 0.5) is 8.78 Å². The van der Waals surface area contributed by atoms with Gasteiger partial charge in [-0.2, -0.15) is 8.78 Å². The third-order valence-electron chi connectivity index (χ3n) is 3.72. The minimum absolute atomic E-state index is 0.00949. The Kier molecular flexibility index (Phi) is 6.89. The molecule has 0 radical (unpaired) electrons. The van der Waals surface area contributed by atoms with Gasteiger partial charge in [-0.1, -0.05) is 43.3 Å². The van der Waals surface area contributed by atoms with Gasteiger partial charge in [0.15, 0.2) is 0 Å². The van der Waals surface area contributed by atoms with Crippen LogP contribution in [0.2, 0.25) is 0 Å². The SMILES string of the molecule is CCc1cccc(CC(=O)NCC(O)c2cccc(OC(F)F)c2)c1. The lowest BCUT2D eigenvalue weighted by atomic mass is 10.1. The van der Waals surface area contributed by atoms with Gasteiger partial charge in [-0.15, -0.1) is 0 Å². The van der Waals surface area contributed by atoms with Crippen LogP contribution in [0.5, 0.6) is 5.75 Å². The number of aliphatic hydroxyl groups excluding tert-OH is 1. The van der Waals surface area contributed by atoms with Crippen molar-refractivity contribution in [3.63, 3.8) is 0 Å². The highest BCUT2D eigenvalue weighted by atomic mass is 19.3. The van der Waals surface area contributed by atoms with Crippen LogP contribution in [0.1, 0.15) is 29.7 Å². The average Bonchev–Trinajstić information content (AvgIpc) is 2.59. The quantitative estimate of drug-likeness (QED) is 0.769. The maximum Gasteiger partial charge on any atom is 0.387 e. The van der Waals surface area contributed by atoms with E-state index in [0.717, 1.165) is 17.5 Å². The molecule has 25 heavy (non-hydrogen) atoms. The molecule has 1 amide bonds. The fraction of sp³-hybridized carbons (Fsp3) is 0.316. The molecule has 0 saturated carbocycles. The molecule has 0 spiro atoms. The lowest BCUT2D eigenvalue weighted by molar-refractivity contribution is -0.120. The summed E-state index contributed by atoms with van der Waals surface area (Å²) in [7, 11) is 0. The summed E-state index contributed by atoms with van der Waals surface area (Å²) in [4.78, 5) is 12.0. The third kappa shape index (κ3) is 6.15. The number of carbonyl (C=O) groups excluding carboxylic acids is 1. The Morgan fingerprint density at radius 1 is 1.16 bits per heavy atom. The van der Waals surface area contributed by atoms with Crippen molar-refractivity contribution in [2.24, 2.45) is 0 Å². The molecule has 1 unspecified atom stereocenters. The first kappa shape index (κ1) is 18.9. The van der Waals surface area contributed by atoms with Gasteiger partial charge in [0.25, 0.3) is 0 Å². The molecule has 0 saturated heterocycles. The Labute approximate surface area is 145 Å². The van der Waals surface area contributed by atoms with Gasteiger partial charge < -0.3 is 15.2 Å². The van der Waals surface area contributed by atoms with E-state index < -0.39 is 12.7 Å². The number of nitrogens with one attached hydrogen (secondary N) is 1. The van der Waals surface area contributed by atoms with Crippen LogP contribution in [0.15, 0.2) is 48.5 Å². The summed E-state index contributed by atoms with van der Waals surface area (Å²) in [5.41, 5.74) is 2.45. The molecule has 2 aromatic rings. The number of aryl methyl sites for hydroxylation is 1. The van der Waals surface area contributed by atoms with Crippen molar-refractivity contribution in [3.05, 3.63) is 65.2 Å². The number of alkyl halides is 2. The standard InChI is InChI=1S/C19H21F2NO3/c1-2-13-5-3-6-14(9-13)10-18(24)22-12-17(23)15-7-4-8-16(11-15)25-19(20)21/h3-9,11,17,19,23H,2,10,12H2,1H3,(H,22,24). The van der Waals surface area contributed by atoms with E-state index >= 15 is 0 Å². The highest BCUT2D eigenvalue weighted by Gasteiger charge is 2.12. The molecule has 2 N–H and O–H groups in total. The number of ether oxygens (including phenoxy) is 1. The van der Waals surface area contributed by atoms with Crippen molar-refractivity contribution in [2.75, 3.05) is 6.54 Å². The molecule has 0 bridgehead atoms. The van der Waals surface area contributed by atoms with Crippen molar-refractivity contribution in [2.45, 2.75) is 32.5 Å². The van der Waals surface area contributed by atoms with Crippen molar-refractivity contribution in [1.29, 1.82) is 0 Å². The Hall–Kier alpha value is -2.47. The molecule has 0 aromatic heterocycles. The number of carbonyl (C=O) groups is 1. The first-order chi connectivity index (χ1) is 12.0. The Morgan fingerprint density at radius 3 is 2.60 bits per heavy atom. The maximum absolute atomic E-state index is 12.2. The highest BCUT2D eigenvalue weighted by Crippen LogP contribution is 2.20.